The normalized spacial score (nSPS) is 19.1. The third-order valence-corrected chi connectivity index (χ3v) is 6.27. The molecule has 7 heteroatoms. The van der Waals surface area contributed by atoms with Crippen molar-refractivity contribution in [3.63, 3.8) is 0 Å². The number of sulfone groups is 1. The number of rotatable bonds is 5. The molecule has 1 saturated heterocycles. The highest BCUT2D eigenvalue weighted by Crippen LogP contribution is 2.29. The highest BCUT2D eigenvalue weighted by atomic mass is 32.2. The molecule has 0 saturated carbocycles. The average molecular weight is 365 g/mol. The van der Waals surface area contributed by atoms with Crippen molar-refractivity contribution in [3.05, 3.63) is 53.1 Å². The third-order valence-electron chi connectivity index (χ3n) is 4.52. The van der Waals surface area contributed by atoms with E-state index in [-0.39, 0.29) is 29.9 Å². The number of carbonyl (C=O) groups excluding carboxylic acids is 1. The van der Waals surface area contributed by atoms with Gasteiger partial charge >= 0.3 is 0 Å². The number of benzene rings is 1. The number of halogens is 1. The summed E-state index contributed by atoms with van der Waals surface area (Å²) in [6.07, 6.45) is 0.562. The van der Waals surface area contributed by atoms with Gasteiger partial charge in [-0.05, 0) is 38.5 Å². The fourth-order valence-electron chi connectivity index (χ4n) is 3.38. The summed E-state index contributed by atoms with van der Waals surface area (Å²) in [4.78, 5) is 12.5. The number of carbonyl (C=O) groups is 1. The van der Waals surface area contributed by atoms with Crippen LogP contribution in [-0.2, 0) is 9.84 Å². The van der Waals surface area contributed by atoms with Gasteiger partial charge in [0.05, 0.1) is 11.5 Å². The minimum Gasteiger partial charge on any atom is -0.485 e. The Bertz CT molecular complexity index is 917. The molecule has 0 spiro atoms. The smallest absolute Gasteiger partial charge is 0.202 e. The molecule has 0 bridgehead atoms. The number of ether oxygens (including phenoxy) is 1. The van der Waals surface area contributed by atoms with E-state index in [0.29, 0.717) is 17.7 Å². The second-order valence-corrected chi connectivity index (χ2v) is 8.61. The Morgan fingerprint density at radius 1 is 1.32 bits per heavy atom. The maximum absolute atomic E-state index is 13.2. The molecular formula is C18H20FNO4S. The Morgan fingerprint density at radius 3 is 2.72 bits per heavy atom. The fourth-order valence-corrected chi connectivity index (χ4v) is 5.08. The lowest BCUT2D eigenvalue weighted by atomic mass is 10.1. The zero-order chi connectivity index (χ0) is 18.2. The van der Waals surface area contributed by atoms with E-state index in [2.05, 4.69) is 0 Å². The molecule has 1 aliphatic heterocycles. The molecule has 0 aliphatic carbocycles. The third kappa shape index (κ3) is 3.76. The van der Waals surface area contributed by atoms with Crippen LogP contribution < -0.4 is 4.74 Å². The molecule has 0 unspecified atom stereocenters. The van der Waals surface area contributed by atoms with Crippen molar-refractivity contribution in [1.29, 1.82) is 0 Å². The molecule has 1 aliphatic rings. The summed E-state index contributed by atoms with van der Waals surface area (Å²) in [6.45, 7) is 3.48. The second-order valence-electron chi connectivity index (χ2n) is 6.38. The maximum Gasteiger partial charge on any atom is 0.202 e. The molecule has 134 valence electrons. The minimum absolute atomic E-state index is 0.108. The average Bonchev–Trinajstić information content (AvgIpc) is 3.04. The molecule has 2 aromatic rings. The standard InChI is InChI=1S/C18H20FNO4S/c1-12-8-17(13(2)20(12)15-6-7-25(22,23)11-15)18(21)10-24-16-5-3-4-14(19)9-16/h3-5,8-9,15H,6-7,10-11H2,1-2H3/t15-/m1/s1. The molecule has 1 aromatic carbocycles. The summed E-state index contributed by atoms with van der Waals surface area (Å²) >= 11 is 0. The lowest BCUT2D eigenvalue weighted by Gasteiger charge is -2.16. The quantitative estimate of drug-likeness (QED) is 0.764. The number of Topliss-reactive ketones (excluding diaryl/α,β-unsaturated/α-hetero) is 1. The van der Waals surface area contributed by atoms with Crippen LogP contribution >= 0.6 is 0 Å². The van der Waals surface area contributed by atoms with Crippen LogP contribution in [-0.4, -0.2) is 36.9 Å². The van der Waals surface area contributed by atoms with Crippen LogP contribution in [0.3, 0.4) is 0 Å². The van der Waals surface area contributed by atoms with Crippen molar-refractivity contribution >= 4 is 15.6 Å². The summed E-state index contributed by atoms with van der Waals surface area (Å²) in [5.41, 5.74) is 2.11. The molecule has 5 nitrogen and oxygen atoms in total. The van der Waals surface area contributed by atoms with Gasteiger partial charge in [0.15, 0.2) is 16.4 Å². The van der Waals surface area contributed by atoms with Crippen LogP contribution in [0.1, 0.15) is 34.2 Å². The van der Waals surface area contributed by atoms with Crippen LogP contribution in [0.2, 0.25) is 0 Å². The Morgan fingerprint density at radius 2 is 2.08 bits per heavy atom. The summed E-state index contributed by atoms with van der Waals surface area (Å²) in [6, 6.07) is 7.26. The van der Waals surface area contributed by atoms with Crippen molar-refractivity contribution in [2.75, 3.05) is 18.1 Å². The zero-order valence-electron chi connectivity index (χ0n) is 14.2. The van der Waals surface area contributed by atoms with Crippen LogP contribution in [0.4, 0.5) is 4.39 Å². The number of ketones is 1. The second kappa shape index (κ2) is 6.63. The van der Waals surface area contributed by atoms with Gasteiger partial charge < -0.3 is 9.30 Å². The summed E-state index contributed by atoms with van der Waals surface area (Å²) < 4.78 is 43.9. The molecule has 25 heavy (non-hydrogen) atoms. The van der Waals surface area contributed by atoms with E-state index in [4.69, 9.17) is 4.74 Å². The predicted molar refractivity (Wildman–Crippen MR) is 92.4 cm³/mol. The van der Waals surface area contributed by atoms with Gasteiger partial charge in [0.2, 0.25) is 5.78 Å². The molecule has 0 radical (unpaired) electrons. The molecule has 0 amide bonds. The van der Waals surface area contributed by atoms with Crippen molar-refractivity contribution in [2.45, 2.75) is 26.3 Å². The first-order valence-electron chi connectivity index (χ1n) is 8.07. The lowest BCUT2D eigenvalue weighted by molar-refractivity contribution is 0.0920. The first-order chi connectivity index (χ1) is 11.8. The van der Waals surface area contributed by atoms with Gasteiger partial charge in [-0.3, -0.25) is 4.79 Å². The van der Waals surface area contributed by atoms with Gasteiger partial charge in [0, 0.05) is 29.1 Å². The van der Waals surface area contributed by atoms with Gasteiger partial charge in [-0.1, -0.05) is 6.07 Å². The topological polar surface area (TPSA) is 65.4 Å². The lowest BCUT2D eigenvalue weighted by Crippen LogP contribution is -2.16. The van der Waals surface area contributed by atoms with Gasteiger partial charge in [-0.15, -0.1) is 0 Å². The van der Waals surface area contributed by atoms with Crippen LogP contribution in [0.25, 0.3) is 0 Å². The highest BCUT2D eigenvalue weighted by Gasteiger charge is 2.31. The Hall–Kier alpha value is -2.15. The Kier molecular flexibility index (Phi) is 4.69. The molecule has 1 atom stereocenters. The van der Waals surface area contributed by atoms with Crippen molar-refractivity contribution < 1.29 is 22.3 Å². The summed E-state index contributed by atoms with van der Waals surface area (Å²) in [5.74, 6) is -0.0589. The fraction of sp³-hybridized carbons (Fsp3) is 0.389. The number of aromatic nitrogens is 1. The minimum atomic E-state index is -3.00. The maximum atomic E-state index is 13.2. The zero-order valence-corrected chi connectivity index (χ0v) is 15.0. The van der Waals surface area contributed by atoms with E-state index >= 15 is 0 Å². The summed E-state index contributed by atoms with van der Waals surface area (Å²) in [5, 5.41) is 0. The predicted octanol–water partition coefficient (Wildman–Crippen LogP) is 2.87. The first-order valence-corrected chi connectivity index (χ1v) is 9.89. The van der Waals surface area contributed by atoms with E-state index in [0.717, 1.165) is 11.4 Å². The van der Waals surface area contributed by atoms with Crippen molar-refractivity contribution in [3.8, 4) is 5.75 Å². The molecular weight excluding hydrogens is 345 g/mol. The SMILES string of the molecule is Cc1cc(C(=O)COc2cccc(F)c2)c(C)n1[C@@H]1CCS(=O)(=O)C1. The largest absolute Gasteiger partial charge is 0.485 e. The Labute approximate surface area is 146 Å². The molecule has 3 rings (SSSR count). The van der Waals surface area contributed by atoms with E-state index in [9.17, 15) is 17.6 Å². The number of aryl methyl sites for hydroxylation is 1. The van der Waals surface area contributed by atoms with E-state index in [1.54, 1.807) is 12.1 Å². The summed E-state index contributed by atoms with van der Waals surface area (Å²) in [7, 11) is -3.00. The van der Waals surface area contributed by atoms with Gasteiger partial charge in [-0.25, -0.2) is 12.8 Å². The van der Waals surface area contributed by atoms with Crippen LogP contribution in [0.5, 0.6) is 5.75 Å². The van der Waals surface area contributed by atoms with Crippen molar-refractivity contribution in [1.82, 2.24) is 4.57 Å². The van der Waals surface area contributed by atoms with Gasteiger partial charge in [0.25, 0.3) is 0 Å². The number of nitrogens with zero attached hydrogens (tertiary/aromatic N) is 1. The van der Waals surface area contributed by atoms with E-state index in [1.165, 1.54) is 18.2 Å². The highest BCUT2D eigenvalue weighted by molar-refractivity contribution is 7.91. The monoisotopic (exact) mass is 365 g/mol. The Balaban J connectivity index is 1.76. The molecule has 1 aromatic heterocycles. The molecule has 2 heterocycles. The number of hydrogen-bond donors (Lipinski definition) is 0. The van der Waals surface area contributed by atoms with Gasteiger partial charge in [-0.2, -0.15) is 0 Å². The number of hydrogen-bond acceptors (Lipinski definition) is 4. The van der Waals surface area contributed by atoms with Gasteiger partial charge in [0.1, 0.15) is 11.6 Å². The first kappa shape index (κ1) is 17.7. The van der Waals surface area contributed by atoms with Crippen LogP contribution in [0, 0.1) is 19.7 Å². The molecule has 0 N–H and O–H groups in total. The van der Waals surface area contributed by atoms with Crippen LogP contribution in [0.15, 0.2) is 30.3 Å². The molecule has 1 fully saturated rings. The van der Waals surface area contributed by atoms with Crippen molar-refractivity contribution in [2.24, 2.45) is 0 Å². The van der Waals surface area contributed by atoms with E-state index in [1.807, 2.05) is 18.4 Å². The van der Waals surface area contributed by atoms with E-state index < -0.39 is 15.7 Å².